The monoisotopic (exact) mass is 302 g/mol. The molecule has 22 heavy (non-hydrogen) atoms. The van der Waals surface area contributed by atoms with Crippen molar-refractivity contribution in [3.05, 3.63) is 50.5 Å². The van der Waals surface area contributed by atoms with Crippen molar-refractivity contribution in [2.45, 2.75) is 26.3 Å². The quantitative estimate of drug-likeness (QED) is 0.756. The van der Waals surface area contributed by atoms with E-state index in [2.05, 4.69) is 23.4 Å². The molecule has 0 unspecified atom stereocenters. The molecule has 0 saturated heterocycles. The summed E-state index contributed by atoms with van der Waals surface area (Å²) in [6.45, 7) is 9.11. The van der Waals surface area contributed by atoms with E-state index in [-0.39, 0.29) is 17.9 Å². The highest BCUT2D eigenvalue weighted by Crippen LogP contribution is 2.13. The summed E-state index contributed by atoms with van der Waals surface area (Å²) in [5.74, 6) is 0.961. The molecule has 0 amide bonds. The first kappa shape index (κ1) is 15.7. The third kappa shape index (κ3) is 2.83. The first-order chi connectivity index (χ1) is 10.5. The SMILES string of the molecule is C=Cc1c(N=C)n(C)c(=O)n(CCCc2cc(C)no2)c1=O. The molecule has 116 valence electrons. The standard InChI is InChI=1S/C15H18N4O3/c1-5-12-13(16-3)18(4)15(21)19(14(12)20)8-6-7-11-9-10(2)17-22-11/h5,9H,1,3,6-8H2,2,4H3. The van der Waals surface area contributed by atoms with Crippen molar-refractivity contribution in [1.82, 2.24) is 14.3 Å². The molecular formula is C15H18N4O3. The molecule has 2 aromatic heterocycles. The molecular weight excluding hydrogens is 284 g/mol. The van der Waals surface area contributed by atoms with Crippen molar-refractivity contribution in [3.8, 4) is 0 Å². The summed E-state index contributed by atoms with van der Waals surface area (Å²) in [5.41, 5.74) is 0.243. The first-order valence-corrected chi connectivity index (χ1v) is 6.84. The van der Waals surface area contributed by atoms with Gasteiger partial charge in [0.05, 0.1) is 11.3 Å². The Morgan fingerprint density at radius 1 is 1.45 bits per heavy atom. The number of hydrogen-bond donors (Lipinski definition) is 0. The fourth-order valence-electron chi connectivity index (χ4n) is 2.29. The Labute approximate surface area is 127 Å². The normalized spacial score (nSPS) is 10.6. The minimum Gasteiger partial charge on any atom is -0.361 e. The molecule has 0 aliphatic carbocycles. The van der Waals surface area contributed by atoms with Crippen LogP contribution in [0.2, 0.25) is 0 Å². The van der Waals surface area contributed by atoms with Crippen LogP contribution in [0.4, 0.5) is 5.82 Å². The highest BCUT2D eigenvalue weighted by molar-refractivity contribution is 5.60. The van der Waals surface area contributed by atoms with E-state index in [1.54, 1.807) is 7.05 Å². The van der Waals surface area contributed by atoms with Gasteiger partial charge < -0.3 is 4.52 Å². The Bertz CT molecular complexity index is 826. The van der Waals surface area contributed by atoms with Gasteiger partial charge in [-0.3, -0.25) is 13.9 Å². The van der Waals surface area contributed by atoms with E-state index in [0.29, 0.717) is 12.8 Å². The second-order valence-electron chi connectivity index (χ2n) is 4.94. The number of rotatable bonds is 6. The summed E-state index contributed by atoms with van der Waals surface area (Å²) in [6.07, 6.45) is 2.57. The predicted octanol–water partition coefficient (Wildman–Crippen LogP) is 1.45. The van der Waals surface area contributed by atoms with Gasteiger partial charge in [0.1, 0.15) is 11.6 Å². The Morgan fingerprint density at radius 3 is 2.73 bits per heavy atom. The van der Waals surface area contributed by atoms with Gasteiger partial charge in [0, 0.05) is 26.1 Å². The molecule has 7 nitrogen and oxygen atoms in total. The van der Waals surface area contributed by atoms with Gasteiger partial charge in [-0.15, -0.1) is 0 Å². The Morgan fingerprint density at radius 2 is 2.18 bits per heavy atom. The molecule has 0 saturated carbocycles. The molecule has 2 rings (SSSR count). The van der Waals surface area contributed by atoms with Crippen LogP contribution in [0.25, 0.3) is 6.08 Å². The third-order valence-corrected chi connectivity index (χ3v) is 3.39. The molecule has 2 aromatic rings. The second kappa shape index (κ2) is 6.38. The smallest absolute Gasteiger partial charge is 0.332 e. The van der Waals surface area contributed by atoms with Gasteiger partial charge >= 0.3 is 5.69 Å². The molecule has 0 aromatic carbocycles. The maximum absolute atomic E-state index is 12.4. The lowest BCUT2D eigenvalue weighted by Gasteiger charge is -2.11. The molecule has 0 radical (unpaired) electrons. The van der Waals surface area contributed by atoms with Gasteiger partial charge in [-0.1, -0.05) is 17.8 Å². The van der Waals surface area contributed by atoms with Crippen molar-refractivity contribution in [1.29, 1.82) is 0 Å². The number of hydrogen-bond acceptors (Lipinski definition) is 5. The van der Waals surface area contributed by atoms with Gasteiger partial charge in [-0.2, -0.15) is 0 Å². The second-order valence-corrected chi connectivity index (χ2v) is 4.94. The van der Waals surface area contributed by atoms with E-state index in [0.717, 1.165) is 11.5 Å². The van der Waals surface area contributed by atoms with Crippen LogP contribution >= 0.6 is 0 Å². The average molecular weight is 302 g/mol. The van der Waals surface area contributed by atoms with E-state index in [1.165, 1.54) is 15.2 Å². The summed E-state index contributed by atoms with van der Waals surface area (Å²) in [5, 5.41) is 3.80. The molecule has 0 aliphatic rings. The van der Waals surface area contributed by atoms with E-state index >= 15 is 0 Å². The topological polar surface area (TPSA) is 82.4 Å². The summed E-state index contributed by atoms with van der Waals surface area (Å²) >= 11 is 0. The van der Waals surface area contributed by atoms with Gasteiger partial charge in [0.25, 0.3) is 5.56 Å². The molecule has 7 heteroatoms. The van der Waals surface area contributed by atoms with E-state index < -0.39 is 11.2 Å². The third-order valence-electron chi connectivity index (χ3n) is 3.39. The van der Waals surface area contributed by atoms with Crippen LogP contribution in [0.1, 0.15) is 23.4 Å². The molecule has 0 fully saturated rings. The zero-order valence-electron chi connectivity index (χ0n) is 12.7. The van der Waals surface area contributed by atoms with Crippen LogP contribution in [0.3, 0.4) is 0 Å². The fourth-order valence-corrected chi connectivity index (χ4v) is 2.29. The molecule has 0 atom stereocenters. The van der Waals surface area contributed by atoms with Gasteiger partial charge in [0.15, 0.2) is 0 Å². The minimum absolute atomic E-state index is 0.229. The number of aryl methyl sites for hydroxylation is 2. The van der Waals surface area contributed by atoms with E-state index in [4.69, 9.17) is 4.52 Å². The number of aromatic nitrogens is 3. The van der Waals surface area contributed by atoms with Crippen molar-refractivity contribution in [3.63, 3.8) is 0 Å². The average Bonchev–Trinajstić information content (AvgIpc) is 2.91. The number of aliphatic imine (C=N–C) groups is 1. The zero-order chi connectivity index (χ0) is 16.3. The van der Waals surface area contributed by atoms with E-state index in [1.807, 2.05) is 13.0 Å². The van der Waals surface area contributed by atoms with Crippen LogP contribution < -0.4 is 11.2 Å². The summed E-state index contributed by atoms with van der Waals surface area (Å²) in [4.78, 5) is 28.3. The lowest BCUT2D eigenvalue weighted by Crippen LogP contribution is -2.40. The van der Waals surface area contributed by atoms with Gasteiger partial charge in [-0.25, -0.2) is 9.79 Å². The highest BCUT2D eigenvalue weighted by Gasteiger charge is 2.14. The molecule has 0 N–H and O–H groups in total. The first-order valence-electron chi connectivity index (χ1n) is 6.84. The Hall–Kier alpha value is -2.70. The van der Waals surface area contributed by atoms with Crippen LogP contribution in [0.15, 0.2) is 31.7 Å². The highest BCUT2D eigenvalue weighted by atomic mass is 16.5. The lowest BCUT2D eigenvalue weighted by molar-refractivity contribution is 0.373. The van der Waals surface area contributed by atoms with Gasteiger partial charge in [0.2, 0.25) is 0 Å². The lowest BCUT2D eigenvalue weighted by atomic mass is 10.2. The molecule has 0 bridgehead atoms. The van der Waals surface area contributed by atoms with Crippen molar-refractivity contribution in [2.24, 2.45) is 12.0 Å². The van der Waals surface area contributed by atoms with E-state index in [9.17, 15) is 9.59 Å². The van der Waals surface area contributed by atoms with Crippen LogP contribution in [0.5, 0.6) is 0 Å². The van der Waals surface area contributed by atoms with Crippen molar-refractivity contribution >= 4 is 18.6 Å². The van der Waals surface area contributed by atoms with Crippen LogP contribution in [-0.4, -0.2) is 21.0 Å². The van der Waals surface area contributed by atoms with Gasteiger partial charge in [-0.05, 0) is 20.1 Å². The summed E-state index contributed by atoms with van der Waals surface area (Å²) < 4.78 is 7.58. The Balaban J connectivity index is 2.29. The van der Waals surface area contributed by atoms with Crippen molar-refractivity contribution < 1.29 is 4.52 Å². The van der Waals surface area contributed by atoms with Crippen LogP contribution in [-0.2, 0) is 20.0 Å². The largest absolute Gasteiger partial charge is 0.361 e. The number of nitrogens with zero attached hydrogens (tertiary/aromatic N) is 4. The maximum Gasteiger partial charge on any atom is 0.332 e. The minimum atomic E-state index is -0.424. The molecule has 0 spiro atoms. The Kier molecular flexibility index (Phi) is 4.55. The maximum atomic E-state index is 12.4. The summed E-state index contributed by atoms with van der Waals surface area (Å²) in [6, 6.07) is 1.83. The molecule has 0 aliphatic heterocycles. The van der Waals surface area contributed by atoms with Crippen LogP contribution in [0, 0.1) is 6.92 Å². The zero-order valence-corrected chi connectivity index (χ0v) is 12.7. The van der Waals surface area contributed by atoms with Crippen molar-refractivity contribution in [2.75, 3.05) is 0 Å². The predicted molar refractivity (Wildman–Crippen MR) is 84.8 cm³/mol. The fraction of sp³-hybridized carbons (Fsp3) is 0.333. The molecule has 2 heterocycles. The summed E-state index contributed by atoms with van der Waals surface area (Å²) in [7, 11) is 1.55.